The van der Waals surface area contributed by atoms with Crippen LogP contribution in [0.2, 0.25) is 0 Å². The molecule has 1 N–H and O–H groups in total. The molecule has 7 nitrogen and oxygen atoms in total. The summed E-state index contributed by atoms with van der Waals surface area (Å²) in [4.78, 5) is 20.7. The van der Waals surface area contributed by atoms with E-state index in [4.69, 9.17) is 4.74 Å². The Morgan fingerprint density at radius 1 is 1.38 bits per heavy atom. The van der Waals surface area contributed by atoms with Crippen molar-refractivity contribution in [3.63, 3.8) is 0 Å². The minimum Gasteiger partial charge on any atom is -0.450 e. The molecule has 1 amide bonds. The number of carbonyl (C=O) groups excluding carboxylic acids is 1. The number of amides is 1. The van der Waals surface area contributed by atoms with E-state index >= 15 is 0 Å². The monoisotopic (exact) mass is 333 g/mol. The number of rotatable bonds is 3. The molecule has 1 aromatic rings. The van der Waals surface area contributed by atoms with Gasteiger partial charge in [0.1, 0.15) is 12.2 Å². The molecule has 0 atom stereocenters. The maximum atomic E-state index is 11.9. The zero-order valence-corrected chi connectivity index (χ0v) is 14.4. The molecule has 2 aliphatic heterocycles. The highest BCUT2D eigenvalue weighted by atomic mass is 16.6. The van der Waals surface area contributed by atoms with Crippen molar-refractivity contribution in [3.8, 4) is 0 Å². The Kier molecular flexibility index (Phi) is 4.20. The third kappa shape index (κ3) is 2.90. The fourth-order valence-corrected chi connectivity index (χ4v) is 4.79. The first-order valence-corrected chi connectivity index (χ1v) is 9.20. The SMILES string of the molecule is CCOC(=O)N1CCC2(CC(N3CCC(c4ncn[nH]4)CC3)C2)C1. The predicted molar refractivity (Wildman–Crippen MR) is 88.6 cm³/mol. The van der Waals surface area contributed by atoms with E-state index in [0.29, 0.717) is 24.0 Å². The van der Waals surface area contributed by atoms with Crippen molar-refractivity contribution in [2.75, 3.05) is 32.8 Å². The van der Waals surface area contributed by atoms with Gasteiger partial charge in [-0.05, 0) is 57.5 Å². The second kappa shape index (κ2) is 6.35. The molecule has 3 fully saturated rings. The van der Waals surface area contributed by atoms with Crippen LogP contribution >= 0.6 is 0 Å². The summed E-state index contributed by atoms with van der Waals surface area (Å²) >= 11 is 0. The van der Waals surface area contributed by atoms with E-state index in [-0.39, 0.29) is 6.09 Å². The molecule has 7 heteroatoms. The maximum absolute atomic E-state index is 11.9. The smallest absolute Gasteiger partial charge is 0.409 e. The minimum absolute atomic E-state index is 0.134. The highest BCUT2D eigenvalue weighted by Gasteiger charge is 2.51. The van der Waals surface area contributed by atoms with Gasteiger partial charge in [0.2, 0.25) is 0 Å². The number of nitrogens with zero attached hydrogens (tertiary/aromatic N) is 4. The van der Waals surface area contributed by atoms with Gasteiger partial charge < -0.3 is 14.5 Å². The molecule has 1 spiro atoms. The quantitative estimate of drug-likeness (QED) is 0.916. The molecule has 0 aromatic carbocycles. The average Bonchev–Trinajstić information content (AvgIpc) is 3.24. The molecular weight excluding hydrogens is 306 g/mol. The number of H-pyrrole nitrogens is 1. The van der Waals surface area contributed by atoms with Crippen molar-refractivity contribution in [1.82, 2.24) is 25.0 Å². The second-order valence-electron chi connectivity index (χ2n) is 7.61. The molecule has 0 radical (unpaired) electrons. The van der Waals surface area contributed by atoms with Gasteiger partial charge in [0, 0.05) is 25.0 Å². The van der Waals surface area contributed by atoms with Crippen LogP contribution in [-0.4, -0.2) is 69.9 Å². The first-order valence-electron chi connectivity index (χ1n) is 9.20. The molecular formula is C17H27N5O2. The summed E-state index contributed by atoms with van der Waals surface area (Å²) in [5.41, 5.74) is 0.360. The molecule has 1 saturated carbocycles. The van der Waals surface area contributed by atoms with Crippen molar-refractivity contribution < 1.29 is 9.53 Å². The Labute approximate surface area is 142 Å². The molecule has 2 saturated heterocycles. The average molecular weight is 333 g/mol. The molecule has 132 valence electrons. The van der Waals surface area contributed by atoms with Gasteiger partial charge in [-0.25, -0.2) is 9.78 Å². The van der Waals surface area contributed by atoms with E-state index in [1.54, 1.807) is 6.33 Å². The minimum atomic E-state index is -0.134. The van der Waals surface area contributed by atoms with E-state index in [1.165, 1.54) is 12.8 Å². The highest BCUT2D eigenvalue weighted by molar-refractivity contribution is 5.68. The van der Waals surface area contributed by atoms with Gasteiger partial charge >= 0.3 is 6.09 Å². The summed E-state index contributed by atoms with van der Waals surface area (Å²) in [5.74, 6) is 1.57. The van der Waals surface area contributed by atoms with Crippen LogP contribution in [-0.2, 0) is 4.74 Å². The van der Waals surface area contributed by atoms with E-state index in [0.717, 1.165) is 51.3 Å². The molecule has 0 unspecified atom stereocenters. The van der Waals surface area contributed by atoms with Gasteiger partial charge in [0.05, 0.1) is 6.61 Å². The zero-order valence-electron chi connectivity index (χ0n) is 14.4. The van der Waals surface area contributed by atoms with E-state index in [1.807, 2.05) is 11.8 Å². The van der Waals surface area contributed by atoms with Crippen molar-refractivity contribution >= 4 is 6.09 Å². The van der Waals surface area contributed by atoms with Crippen LogP contribution in [0.1, 0.15) is 50.8 Å². The number of likely N-dealkylation sites (tertiary alicyclic amines) is 2. The van der Waals surface area contributed by atoms with Gasteiger partial charge in [-0.1, -0.05) is 0 Å². The molecule has 1 aliphatic carbocycles. The normalized spacial score (nSPS) is 31.4. The number of piperidine rings is 1. The second-order valence-corrected chi connectivity index (χ2v) is 7.61. The largest absolute Gasteiger partial charge is 0.450 e. The topological polar surface area (TPSA) is 74.3 Å². The van der Waals surface area contributed by atoms with Crippen LogP contribution in [0, 0.1) is 5.41 Å². The Hall–Kier alpha value is -1.63. The number of ether oxygens (including phenoxy) is 1. The third-order valence-corrected chi connectivity index (χ3v) is 6.17. The van der Waals surface area contributed by atoms with Crippen LogP contribution in [0.4, 0.5) is 4.79 Å². The summed E-state index contributed by atoms with van der Waals surface area (Å²) < 4.78 is 5.14. The lowest BCUT2D eigenvalue weighted by Crippen LogP contribution is -2.54. The van der Waals surface area contributed by atoms with Crippen molar-refractivity contribution in [1.29, 1.82) is 0 Å². The molecule has 3 aliphatic rings. The predicted octanol–water partition coefficient (Wildman–Crippen LogP) is 2.00. The van der Waals surface area contributed by atoms with Crippen LogP contribution < -0.4 is 0 Å². The van der Waals surface area contributed by atoms with Gasteiger partial charge in [0.15, 0.2) is 0 Å². The first kappa shape index (κ1) is 15.9. The number of hydrogen-bond donors (Lipinski definition) is 1. The summed E-state index contributed by atoms with van der Waals surface area (Å²) in [6, 6.07) is 0.697. The van der Waals surface area contributed by atoms with Crippen LogP contribution in [0.15, 0.2) is 6.33 Å². The standard InChI is InChI=1S/C17H27N5O2/c1-2-24-16(23)22-8-5-17(11-22)9-14(10-17)21-6-3-13(4-7-21)15-18-12-19-20-15/h12-14H,2-11H2,1H3,(H,18,19,20). The lowest BCUT2D eigenvalue weighted by molar-refractivity contribution is -0.00506. The fraction of sp³-hybridized carbons (Fsp3) is 0.824. The summed E-state index contributed by atoms with van der Waals surface area (Å²) in [5, 5.41) is 6.98. The zero-order chi connectivity index (χ0) is 16.6. The summed E-state index contributed by atoms with van der Waals surface area (Å²) in [7, 11) is 0. The molecule has 4 rings (SSSR count). The number of nitrogens with one attached hydrogen (secondary N) is 1. The van der Waals surface area contributed by atoms with Crippen LogP contribution in [0.3, 0.4) is 0 Å². The maximum Gasteiger partial charge on any atom is 0.409 e. The van der Waals surface area contributed by atoms with Gasteiger partial charge in [0.25, 0.3) is 0 Å². The first-order chi connectivity index (χ1) is 11.7. The Morgan fingerprint density at radius 2 is 2.17 bits per heavy atom. The van der Waals surface area contributed by atoms with Crippen molar-refractivity contribution in [3.05, 3.63) is 12.2 Å². The third-order valence-electron chi connectivity index (χ3n) is 6.17. The summed E-state index contributed by atoms with van der Waals surface area (Å²) in [6.07, 6.45) is 7.39. The molecule has 1 aromatic heterocycles. The summed E-state index contributed by atoms with van der Waals surface area (Å²) in [6.45, 7) is 6.37. The Morgan fingerprint density at radius 3 is 2.83 bits per heavy atom. The number of aromatic nitrogens is 3. The van der Waals surface area contributed by atoms with Crippen molar-refractivity contribution in [2.45, 2.75) is 51.0 Å². The number of aromatic amines is 1. The van der Waals surface area contributed by atoms with Crippen LogP contribution in [0.5, 0.6) is 0 Å². The lowest BCUT2D eigenvalue weighted by Gasteiger charge is -2.51. The lowest BCUT2D eigenvalue weighted by atomic mass is 9.64. The van der Waals surface area contributed by atoms with E-state index < -0.39 is 0 Å². The molecule has 0 bridgehead atoms. The van der Waals surface area contributed by atoms with Crippen molar-refractivity contribution in [2.24, 2.45) is 5.41 Å². The number of hydrogen-bond acceptors (Lipinski definition) is 5. The highest BCUT2D eigenvalue weighted by Crippen LogP contribution is 2.50. The Balaban J connectivity index is 1.24. The van der Waals surface area contributed by atoms with E-state index in [9.17, 15) is 4.79 Å². The van der Waals surface area contributed by atoms with Gasteiger partial charge in [-0.2, -0.15) is 5.10 Å². The van der Waals surface area contributed by atoms with Gasteiger partial charge in [-0.15, -0.1) is 0 Å². The number of carbonyl (C=O) groups is 1. The molecule has 24 heavy (non-hydrogen) atoms. The van der Waals surface area contributed by atoms with Gasteiger partial charge in [-0.3, -0.25) is 5.10 Å². The van der Waals surface area contributed by atoms with Crippen LogP contribution in [0.25, 0.3) is 0 Å². The Bertz CT molecular complexity index is 562. The van der Waals surface area contributed by atoms with E-state index in [2.05, 4.69) is 20.1 Å². The fourth-order valence-electron chi connectivity index (χ4n) is 4.79. The molecule has 3 heterocycles.